The Labute approximate surface area is 154 Å². The van der Waals surface area contributed by atoms with Crippen LogP contribution >= 0.6 is 34.2 Å². The predicted octanol–water partition coefficient (Wildman–Crippen LogP) is 7.36. The third-order valence-electron chi connectivity index (χ3n) is 2.81. The van der Waals surface area contributed by atoms with Crippen LogP contribution in [-0.4, -0.2) is 40.0 Å². The first-order valence-corrected chi connectivity index (χ1v) is 20.1. The van der Waals surface area contributed by atoms with Crippen LogP contribution in [0.2, 0.25) is 0 Å². The average Bonchev–Trinajstić information content (AvgIpc) is 2.47. The van der Waals surface area contributed by atoms with Crippen molar-refractivity contribution in [2.45, 2.75) is 34.6 Å². The minimum atomic E-state index is -0.889. The molecular formula is C16H33Cl2P2Ta. The first kappa shape index (κ1) is 27.5. The summed E-state index contributed by atoms with van der Waals surface area (Å²) in [6.07, 6.45) is 0. The molecule has 0 saturated carbocycles. The van der Waals surface area contributed by atoms with E-state index in [9.17, 15) is 0 Å². The van der Waals surface area contributed by atoms with E-state index in [0.717, 1.165) is 0 Å². The Morgan fingerprint density at radius 2 is 0.714 bits per heavy atom. The van der Waals surface area contributed by atoms with Crippen LogP contribution < -0.4 is 0 Å². The van der Waals surface area contributed by atoms with Crippen molar-refractivity contribution in [1.82, 2.24) is 0 Å². The molecule has 0 aromatic rings. The summed E-state index contributed by atoms with van der Waals surface area (Å²) in [7, 11) is 10.6. The number of halogens is 2. The van der Waals surface area contributed by atoms with Gasteiger partial charge in [0.1, 0.15) is 0 Å². The third kappa shape index (κ3) is 17.8. The molecule has 1 aliphatic carbocycles. The molecule has 0 aliphatic heterocycles. The maximum absolute atomic E-state index is 4.94. The van der Waals surface area contributed by atoms with Crippen LogP contribution in [0.5, 0.6) is 0 Å². The van der Waals surface area contributed by atoms with Gasteiger partial charge in [0.15, 0.2) is 0 Å². The van der Waals surface area contributed by atoms with Gasteiger partial charge in [-0.3, -0.25) is 0 Å². The molecule has 0 saturated heterocycles. The summed E-state index contributed by atoms with van der Waals surface area (Å²) >= 11 is -0.889. The van der Waals surface area contributed by atoms with Gasteiger partial charge in [-0.25, -0.2) is 0 Å². The average molecular weight is 539 g/mol. The zero-order chi connectivity index (χ0) is 17.7. The summed E-state index contributed by atoms with van der Waals surface area (Å²) in [6.45, 7) is 24.4. The van der Waals surface area contributed by atoms with Gasteiger partial charge >= 0.3 is 36.0 Å². The molecule has 0 spiro atoms. The van der Waals surface area contributed by atoms with Crippen LogP contribution in [-0.2, 0) is 17.6 Å². The Hall–Kier alpha value is 1.66. The second-order valence-corrected chi connectivity index (χ2v) is 15.9. The topological polar surface area (TPSA) is 0 Å². The number of allylic oxidation sites excluding steroid dienone is 4. The van der Waals surface area contributed by atoms with Crippen molar-refractivity contribution < 1.29 is 17.6 Å². The van der Waals surface area contributed by atoms with E-state index in [1.54, 1.807) is 0 Å². The van der Waals surface area contributed by atoms with Crippen molar-refractivity contribution in [2.75, 3.05) is 40.0 Å². The standard InChI is InChI=1S/C10H15.2C3H9P.2ClH.Ta/c1-6-7(2)9(4)10(5)8(6)3;2*1-4(2)3;;;/h1-5H3;2*1-3H3;2*1H;/q;;;;;+2/p-2. The molecule has 0 amide bonds. The summed E-state index contributed by atoms with van der Waals surface area (Å²) < 4.78 is 0. The summed E-state index contributed by atoms with van der Waals surface area (Å²) in [5, 5.41) is 0. The van der Waals surface area contributed by atoms with E-state index in [0.29, 0.717) is 15.8 Å². The van der Waals surface area contributed by atoms with Crippen molar-refractivity contribution >= 4 is 34.2 Å². The Morgan fingerprint density at radius 1 is 0.571 bits per heavy atom. The molecular weight excluding hydrogens is 506 g/mol. The molecule has 126 valence electrons. The first-order chi connectivity index (χ1) is 9.43. The molecule has 0 nitrogen and oxygen atoms in total. The molecule has 0 heterocycles. The summed E-state index contributed by atoms with van der Waals surface area (Å²) in [4.78, 5) is 0. The zero-order valence-corrected chi connectivity index (χ0v) is 22.1. The van der Waals surface area contributed by atoms with Gasteiger partial charge in [-0.1, -0.05) is 18.1 Å². The van der Waals surface area contributed by atoms with E-state index in [4.69, 9.17) is 18.4 Å². The van der Waals surface area contributed by atoms with Gasteiger partial charge in [-0.15, -0.1) is 15.8 Å². The maximum atomic E-state index is 4.94. The molecule has 5 heteroatoms. The molecule has 1 radical (unpaired) electrons. The minimum absolute atomic E-state index is 0.380. The summed E-state index contributed by atoms with van der Waals surface area (Å²) in [6, 6.07) is 0. The van der Waals surface area contributed by atoms with Crippen molar-refractivity contribution in [3.05, 3.63) is 28.2 Å². The molecule has 0 N–H and O–H groups in total. The third-order valence-corrected chi connectivity index (χ3v) is 2.81. The number of hydrogen-bond acceptors (Lipinski definition) is 0. The van der Waals surface area contributed by atoms with Crippen LogP contribution in [0.3, 0.4) is 0 Å². The molecule has 21 heavy (non-hydrogen) atoms. The Balaban J connectivity index is -0.000000247. The molecule has 0 bridgehead atoms. The van der Waals surface area contributed by atoms with Crippen molar-refractivity contribution in [2.24, 2.45) is 0 Å². The van der Waals surface area contributed by atoms with Crippen molar-refractivity contribution in [3.63, 3.8) is 0 Å². The second-order valence-electron chi connectivity index (χ2n) is 5.87. The fourth-order valence-corrected chi connectivity index (χ4v) is 1.41. The van der Waals surface area contributed by atoms with Gasteiger partial charge < -0.3 is 0 Å². The molecule has 0 aromatic carbocycles. The van der Waals surface area contributed by atoms with E-state index in [1.165, 1.54) is 28.2 Å². The monoisotopic (exact) mass is 538 g/mol. The van der Waals surface area contributed by atoms with Gasteiger partial charge in [0.25, 0.3) is 0 Å². The normalized spacial score (nSPS) is 14.2. The fourth-order valence-electron chi connectivity index (χ4n) is 1.41. The van der Waals surface area contributed by atoms with Crippen LogP contribution in [0.1, 0.15) is 34.6 Å². The van der Waals surface area contributed by atoms with Gasteiger partial charge in [-0.2, -0.15) is 0 Å². The van der Waals surface area contributed by atoms with Crippen molar-refractivity contribution in [3.8, 4) is 0 Å². The molecule has 0 unspecified atom stereocenters. The van der Waals surface area contributed by atoms with Gasteiger partial charge in [-0.05, 0) is 78.8 Å². The molecule has 0 atom stereocenters. The summed E-state index contributed by atoms with van der Waals surface area (Å²) in [5.41, 5.74) is 5.87. The van der Waals surface area contributed by atoms with Crippen LogP contribution in [0.25, 0.3) is 0 Å². The van der Waals surface area contributed by atoms with Crippen LogP contribution in [0.4, 0.5) is 0 Å². The SMILES string of the molecule is CP(C)C.CP(C)C.C[C]1C(C)=C(C)C(C)=C1C.[Cl][Ta][Cl]. The number of rotatable bonds is 0. The van der Waals surface area contributed by atoms with Crippen LogP contribution in [0, 0.1) is 5.92 Å². The number of hydrogen-bond donors (Lipinski definition) is 0. The van der Waals surface area contributed by atoms with E-state index in [2.05, 4.69) is 74.6 Å². The van der Waals surface area contributed by atoms with E-state index < -0.39 is 17.6 Å². The molecule has 0 fully saturated rings. The van der Waals surface area contributed by atoms with Crippen LogP contribution in [0.15, 0.2) is 22.3 Å². The van der Waals surface area contributed by atoms with Crippen molar-refractivity contribution in [1.29, 1.82) is 0 Å². The summed E-state index contributed by atoms with van der Waals surface area (Å²) in [5.74, 6) is 1.47. The molecule has 0 aromatic heterocycles. The predicted molar refractivity (Wildman–Crippen MR) is 107 cm³/mol. The fraction of sp³-hybridized carbons (Fsp3) is 0.688. The molecule has 1 rings (SSSR count). The van der Waals surface area contributed by atoms with Gasteiger partial charge in [0, 0.05) is 5.92 Å². The Morgan fingerprint density at radius 3 is 0.762 bits per heavy atom. The van der Waals surface area contributed by atoms with Gasteiger partial charge in [0.05, 0.1) is 0 Å². The zero-order valence-electron chi connectivity index (χ0n) is 15.6. The van der Waals surface area contributed by atoms with E-state index in [1.807, 2.05) is 0 Å². The van der Waals surface area contributed by atoms with E-state index in [-0.39, 0.29) is 0 Å². The Bertz CT molecular complexity index is 289. The quantitative estimate of drug-likeness (QED) is 0.283. The first-order valence-electron chi connectivity index (χ1n) is 6.77. The Kier molecular flexibility index (Phi) is 21.6. The second kappa shape index (κ2) is 16.5. The van der Waals surface area contributed by atoms with Gasteiger partial charge in [0.2, 0.25) is 0 Å². The van der Waals surface area contributed by atoms with E-state index >= 15 is 0 Å². The molecule has 1 aliphatic rings.